The molecule has 13 heteroatoms. The molecular weight excluding hydrogens is 457 g/mol. The second-order valence-electron chi connectivity index (χ2n) is 6.24. The Morgan fingerprint density at radius 1 is 1.26 bits per heavy atom. The molecule has 2 aromatic rings. The number of amides is 1. The average molecular weight is 477 g/mol. The molecule has 0 aliphatic heterocycles. The Hall–Kier alpha value is -2.12. The van der Waals surface area contributed by atoms with E-state index in [0.29, 0.717) is 10.6 Å². The molecule has 31 heavy (non-hydrogen) atoms. The number of nitrogens with two attached hydrogens (primary N) is 1. The van der Waals surface area contributed by atoms with Gasteiger partial charge in [-0.3, -0.25) is 9.52 Å². The number of carbonyl (C=O) groups excluding carboxylic acids is 2. The summed E-state index contributed by atoms with van der Waals surface area (Å²) in [4.78, 5) is 22.7. The number of nitrogen functional groups attached to an aromatic ring is 1. The summed E-state index contributed by atoms with van der Waals surface area (Å²) in [5, 5.41) is 22.8. The number of hydrogen-bond acceptors (Lipinski definition) is 9. The van der Waals surface area contributed by atoms with Crippen LogP contribution >= 0.6 is 11.8 Å². The van der Waals surface area contributed by atoms with Gasteiger partial charge in [0.15, 0.2) is 5.75 Å². The first-order valence-corrected chi connectivity index (χ1v) is 11.3. The van der Waals surface area contributed by atoms with Crippen molar-refractivity contribution in [3.63, 3.8) is 0 Å². The monoisotopic (exact) mass is 477 g/mol. The predicted octanol–water partition coefficient (Wildman–Crippen LogP) is -2.51. The fourth-order valence-corrected chi connectivity index (χ4v) is 3.84. The van der Waals surface area contributed by atoms with Crippen LogP contribution < -0.4 is 55.2 Å². The number of hydrogen-bond donors (Lipinski definition) is 4. The molecule has 162 valence electrons. The number of thioether (sulfide) groups is 1. The van der Waals surface area contributed by atoms with E-state index in [4.69, 9.17) is 10.5 Å². The Morgan fingerprint density at radius 3 is 2.39 bits per heavy atom. The Morgan fingerprint density at radius 2 is 1.87 bits per heavy atom. The number of benzene rings is 2. The van der Waals surface area contributed by atoms with E-state index in [1.54, 1.807) is 0 Å². The molecule has 0 heterocycles. The minimum Gasteiger partial charge on any atom is -0.548 e. The largest absolute Gasteiger partial charge is 1.00 e. The molecule has 2 rings (SSSR count). The van der Waals surface area contributed by atoms with Crippen molar-refractivity contribution in [1.29, 1.82) is 0 Å². The van der Waals surface area contributed by atoms with Gasteiger partial charge in [-0.25, -0.2) is 8.42 Å². The molecule has 0 aliphatic carbocycles. The van der Waals surface area contributed by atoms with Crippen molar-refractivity contribution in [2.75, 3.05) is 22.5 Å². The van der Waals surface area contributed by atoms with Crippen LogP contribution in [0, 0.1) is 0 Å². The van der Waals surface area contributed by atoms with Gasteiger partial charge in [-0.15, -0.1) is 11.8 Å². The number of sulfonamides is 1. The molecule has 0 saturated heterocycles. The number of aromatic hydroxyl groups is 1. The molecule has 0 aromatic heterocycles. The quantitative estimate of drug-likeness (QED) is 0.173. The van der Waals surface area contributed by atoms with Crippen LogP contribution in [0.3, 0.4) is 0 Å². The number of phenolic OH excluding ortho intramolecular Hbond substituents is 1. The predicted molar refractivity (Wildman–Crippen MR) is 111 cm³/mol. The first-order chi connectivity index (χ1) is 13.9. The third-order valence-corrected chi connectivity index (χ3v) is 5.29. The van der Waals surface area contributed by atoms with E-state index in [9.17, 15) is 28.2 Å². The average Bonchev–Trinajstić information content (AvgIpc) is 2.62. The molecule has 5 N–H and O–H groups in total. The van der Waals surface area contributed by atoms with Gasteiger partial charge in [-0.05, 0) is 30.3 Å². The first-order valence-electron chi connectivity index (χ1n) is 8.43. The van der Waals surface area contributed by atoms with E-state index in [1.165, 1.54) is 43.3 Å². The van der Waals surface area contributed by atoms with Crippen LogP contribution in [0.4, 0.5) is 11.4 Å². The molecule has 0 spiro atoms. The number of carboxylic acids is 1. The smallest absolute Gasteiger partial charge is 0.548 e. The number of nitrogens with one attached hydrogen (secondary N) is 2. The van der Waals surface area contributed by atoms with E-state index >= 15 is 0 Å². The number of phenols is 1. The van der Waals surface area contributed by atoms with Crippen molar-refractivity contribution in [1.82, 2.24) is 5.32 Å². The molecular formula is C18H20N3NaO7S2. The summed E-state index contributed by atoms with van der Waals surface area (Å²) in [6.45, 7) is 1.18. The molecule has 0 bridgehead atoms. The number of carboxylic acid groups (broad SMARTS) is 1. The molecule has 0 fully saturated rings. The van der Waals surface area contributed by atoms with Gasteiger partial charge in [-0.2, -0.15) is 0 Å². The van der Waals surface area contributed by atoms with Gasteiger partial charge in [0.25, 0.3) is 0 Å². The van der Waals surface area contributed by atoms with Gasteiger partial charge in [0.05, 0.1) is 24.0 Å². The fraction of sp³-hybridized carbons (Fsp3) is 0.222. The minimum atomic E-state index is -3.67. The summed E-state index contributed by atoms with van der Waals surface area (Å²) >= 11 is 0.999. The van der Waals surface area contributed by atoms with E-state index in [1.807, 2.05) is 0 Å². The minimum absolute atomic E-state index is 0. The third-order valence-electron chi connectivity index (χ3n) is 3.54. The van der Waals surface area contributed by atoms with Crippen molar-refractivity contribution < 1.29 is 62.5 Å². The Kier molecular flexibility index (Phi) is 9.97. The van der Waals surface area contributed by atoms with Gasteiger partial charge in [0.1, 0.15) is 11.5 Å². The number of anilines is 2. The molecule has 10 nitrogen and oxygen atoms in total. The van der Waals surface area contributed by atoms with E-state index in [-0.39, 0.29) is 58.2 Å². The van der Waals surface area contributed by atoms with Gasteiger partial charge < -0.3 is 30.8 Å². The zero-order chi connectivity index (χ0) is 22.5. The van der Waals surface area contributed by atoms with E-state index in [2.05, 4.69) is 10.0 Å². The topological polar surface area (TPSA) is 171 Å². The fourth-order valence-electron chi connectivity index (χ4n) is 2.29. The summed E-state index contributed by atoms with van der Waals surface area (Å²) in [5.41, 5.74) is 6.30. The molecule has 0 aliphatic rings. The molecule has 0 radical (unpaired) electrons. The van der Waals surface area contributed by atoms with E-state index < -0.39 is 27.9 Å². The summed E-state index contributed by atoms with van der Waals surface area (Å²) in [7, 11) is -3.67. The number of carbonyl (C=O) groups is 2. The number of rotatable bonds is 9. The first kappa shape index (κ1) is 26.9. The van der Waals surface area contributed by atoms with Gasteiger partial charge in [0.2, 0.25) is 15.9 Å². The van der Waals surface area contributed by atoms with Crippen molar-refractivity contribution in [3.8, 4) is 17.2 Å². The van der Waals surface area contributed by atoms with Crippen molar-refractivity contribution in [3.05, 3.63) is 36.4 Å². The van der Waals surface area contributed by atoms with Crippen LogP contribution in [0.5, 0.6) is 17.2 Å². The third kappa shape index (κ3) is 8.87. The second-order valence-corrected chi connectivity index (χ2v) is 9.05. The molecule has 1 amide bonds. The Labute approximate surface area is 205 Å². The summed E-state index contributed by atoms with van der Waals surface area (Å²) in [5.74, 6) is -1.63. The summed E-state index contributed by atoms with van der Waals surface area (Å²) < 4.78 is 31.5. The maximum absolute atomic E-state index is 11.8. The summed E-state index contributed by atoms with van der Waals surface area (Å²) in [6.07, 6.45) is 0.962. The number of ether oxygens (including phenoxy) is 1. The summed E-state index contributed by atoms with van der Waals surface area (Å²) in [6, 6.07) is 7.29. The van der Waals surface area contributed by atoms with Crippen molar-refractivity contribution >= 4 is 45.0 Å². The molecule has 2 aromatic carbocycles. The van der Waals surface area contributed by atoms with Crippen LogP contribution in [0.1, 0.15) is 6.92 Å². The zero-order valence-electron chi connectivity index (χ0n) is 17.0. The SMILES string of the molecule is CC(=O)N[C@@H](CSc1cc(NS(C)(=O)=O)c(Oc2ccc(O)cc2)cc1N)C(=O)[O-].[Na+]. The van der Waals surface area contributed by atoms with Crippen LogP contribution in [0.25, 0.3) is 0 Å². The van der Waals surface area contributed by atoms with Crippen LogP contribution in [0.2, 0.25) is 0 Å². The maximum atomic E-state index is 11.8. The maximum Gasteiger partial charge on any atom is 1.00 e. The Bertz CT molecular complexity index is 1050. The number of aliphatic carboxylic acids is 1. The second kappa shape index (κ2) is 11.5. The normalized spacial score (nSPS) is 11.7. The standard InChI is InChI=1S/C18H21N3O7S2.Na/c1-10(22)20-15(18(24)25)9-29-17-8-14(21-30(2,26)27)16(7-13(17)19)28-12-5-3-11(23)4-6-12;/h3-8,15,21,23H,9,19H2,1-2H3,(H,20,22)(H,24,25);/q;+1/p-1/t15-;/m0./s1. The van der Waals surface area contributed by atoms with Crippen molar-refractivity contribution in [2.24, 2.45) is 0 Å². The zero-order valence-corrected chi connectivity index (χ0v) is 20.7. The van der Waals surface area contributed by atoms with Gasteiger partial charge in [-0.1, -0.05) is 0 Å². The van der Waals surface area contributed by atoms with Gasteiger partial charge >= 0.3 is 29.6 Å². The molecule has 0 saturated carbocycles. The van der Waals surface area contributed by atoms with Crippen molar-refractivity contribution in [2.45, 2.75) is 17.9 Å². The van der Waals surface area contributed by atoms with Gasteiger partial charge in [0, 0.05) is 29.3 Å². The van der Waals surface area contributed by atoms with Crippen LogP contribution in [0.15, 0.2) is 41.3 Å². The molecule has 0 unspecified atom stereocenters. The van der Waals surface area contributed by atoms with Crippen LogP contribution in [-0.2, 0) is 19.6 Å². The van der Waals surface area contributed by atoms with Crippen LogP contribution in [-0.4, -0.2) is 43.5 Å². The molecule has 1 atom stereocenters. The van der Waals surface area contributed by atoms with E-state index in [0.717, 1.165) is 18.0 Å². The Balaban J connectivity index is 0.00000480.